The molecule has 6 amide bonds. The predicted molar refractivity (Wildman–Crippen MR) is 379 cm³/mol. The fraction of sp³-hybridized carbons (Fsp3) is 0.699. The van der Waals surface area contributed by atoms with E-state index in [1.807, 2.05) is 67.6 Å². The van der Waals surface area contributed by atoms with Gasteiger partial charge in [-0.15, -0.1) is 0 Å². The molecule has 536 valence electrons. The van der Waals surface area contributed by atoms with E-state index in [1.54, 1.807) is 0 Å². The van der Waals surface area contributed by atoms with E-state index in [2.05, 4.69) is 31.3 Å². The first kappa shape index (κ1) is 79.7. The van der Waals surface area contributed by atoms with E-state index in [0.717, 1.165) is 56.1 Å². The number of benzene rings is 2. The van der Waals surface area contributed by atoms with Crippen LogP contribution in [0.25, 0.3) is 0 Å². The van der Waals surface area contributed by atoms with Crippen molar-refractivity contribution in [2.75, 3.05) is 26.2 Å². The zero-order valence-corrected chi connectivity index (χ0v) is 55.8. The van der Waals surface area contributed by atoms with Gasteiger partial charge >= 0.3 is 0 Å². The summed E-state index contributed by atoms with van der Waals surface area (Å²) < 4.78 is 0. The third kappa shape index (κ3) is 24.8. The summed E-state index contributed by atoms with van der Waals surface area (Å²) in [5.41, 5.74) is 52.9. The van der Waals surface area contributed by atoms with Gasteiger partial charge in [-0.2, -0.15) is 0 Å². The van der Waals surface area contributed by atoms with Gasteiger partial charge in [0.15, 0.2) is 23.5 Å². The van der Waals surface area contributed by atoms with E-state index in [4.69, 9.17) is 51.6 Å². The number of rotatable bonds is 40. The van der Waals surface area contributed by atoms with Crippen LogP contribution >= 0.6 is 0 Å². The van der Waals surface area contributed by atoms with Crippen molar-refractivity contribution in [3.8, 4) is 0 Å². The number of carbonyl (C=O) groups excluding carboxylic acids is 8. The largest absolute Gasteiger partial charge is 0.370 e. The summed E-state index contributed by atoms with van der Waals surface area (Å²) in [7, 11) is 0. The molecule has 8 fully saturated rings. The van der Waals surface area contributed by atoms with Crippen LogP contribution in [0.3, 0.4) is 0 Å². The Balaban J connectivity index is 0.000000340. The summed E-state index contributed by atoms with van der Waals surface area (Å²) in [6, 6.07) is 15.0. The number of aliphatic imine (C=N–C) groups is 2. The van der Waals surface area contributed by atoms with E-state index < -0.39 is 59.8 Å². The van der Waals surface area contributed by atoms with Crippen molar-refractivity contribution in [3.05, 3.63) is 71.8 Å². The van der Waals surface area contributed by atoms with Crippen LogP contribution < -0.4 is 72.9 Å². The Morgan fingerprint density at radius 2 is 0.771 bits per heavy atom. The van der Waals surface area contributed by atoms with E-state index in [-0.39, 0.29) is 92.1 Å². The summed E-state index contributed by atoms with van der Waals surface area (Å²) in [5, 5.41) is 11.7. The minimum atomic E-state index is -0.873. The van der Waals surface area contributed by atoms with Crippen molar-refractivity contribution < 1.29 is 38.4 Å². The van der Waals surface area contributed by atoms with Crippen LogP contribution in [0.15, 0.2) is 70.6 Å². The van der Waals surface area contributed by atoms with E-state index in [9.17, 15) is 38.4 Å². The van der Waals surface area contributed by atoms with Crippen molar-refractivity contribution in [1.82, 2.24) is 21.3 Å². The van der Waals surface area contributed by atoms with Gasteiger partial charge in [-0.05, 0) is 237 Å². The number of nitrogens with zero attached hydrogens (tertiary/aromatic N) is 2. The molecule has 22 N–H and O–H groups in total. The fourth-order valence-electron chi connectivity index (χ4n) is 17.8. The molecular weight excluding hydrogens is 1210 g/mol. The number of carbonyl (C=O) groups is 8. The lowest BCUT2D eigenvalue weighted by Crippen LogP contribution is -2.52. The van der Waals surface area contributed by atoms with Crippen LogP contribution in [0.4, 0.5) is 0 Å². The minimum absolute atomic E-state index is 0. The topological polar surface area (TPSA) is 444 Å². The number of nitrogens with one attached hydrogen (secondary N) is 4. The predicted octanol–water partition coefficient (Wildman–Crippen LogP) is 5.33. The Hall–Kier alpha value is -6.98. The third-order valence-electron chi connectivity index (χ3n) is 21.3. The van der Waals surface area contributed by atoms with Crippen molar-refractivity contribution in [1.29, 1.82) is 0 Å². The number of Topliss-reactive ketones (excluding diaryl/α,β-unsaturated/α-hetero) is 2. The molecule has 0 saturated heterocycles. The molecule has 0 radical (unpaired) electrons. The molecule has 0 heterocycles. The normalized spacial score (nSPS) is 24.8. The first-order valence-corrected chi connectivity index (χ1v) is 35.1. The second kappa shape index (κ2) is 38.8. The number of primary amides is 2. The molecule has 0 spiro atoms. The summed E-state index contributed by atoms with van der Waals surface area (Å²) in [5.74, 6) is -0.618. The molecule has 0 aliphatic heterocycles. The summed E-state index contributed by atoms with van der Waals surface area (Å²) in [6.45, 7) is 3.43. The Bertz CT molecular complexity index is 2620. The Morgan fingerprint density at radius 1 is 0.448 bits per heavy atom. The van der Waals surface area contributed by atoms with Gasteiger partial charge in [-0.3, -0.25) is 48.3 Å². The van der Waals surface area contributed by atoms with Gasteiger partial charge < -0.3 is 72.9 Å². The fourth-order valence-corrected chi connectivity index (χ4v) is 17.8. The van der Waals surface area contributed by atoms with Gasteiger partial charge in [0.2, 0.25) is 35.4 Å². The van der Waals surface area contributed by atoms with Gasteiger partial charge in [0.1, 0.15) is 12.1 Å². The number of guanidine groups is 2. The van der Waals surface area contributed by atoms with E-state index in [0.29, 0.717) is 139 Å². The maximum atomic E-state index is 14.1. The highest BCUT2D eigenvalue weighted by atomic mass is 16.2. The average molecular weight is 1340 g/mol. The summed E-state index contributed by atoms with van der Waals surface area (Å²) in [6.07, 6.45) is 21.1. The van der Waals surface area contributed by atoms with Crippen molar-refractivity contribution in [2.45, 2.75) is 232 Å². The van der Waals surface area contributed by atoms with Crippen LogP contribution in [0.1, 0.15) is 200 Å². The highest BCUT2D eigenvalue weighted by Crippen LogP contribution is 2.63. The second-order valence-electron chi connectivity index (χ2n) is 29.4. The molecule has 2 aromatic carbocycles. The first-order chi connectivity index (χ1) is 44.9. The van der Waals surface area contributed by atoms with Crippen molar-refractivity contribution in [3.63, 3.8) is 0 Å². The lowest BCUT2D eigenvalue weighted by atomic mass is 9.48. The number of unbranched alkanes of at least 4 members (excludes halogenated alkanes) is 2. The molecule has 2 aromatic rings. The van der Waals surface area contributed by atoms with Gasteiger partial charge in [-0.25, -0.2) is 0 Å². The molecule has 10 rings (SSSR count). The number of amides is 6. The quantitative estimate of drug-likeness (QED) is 0.0228. The minimum Gasteiger partial charge on any atom is -0.370 e. The molecule has 23 heteroatoms. The molecule has 23 nitrogen and oxygen atoms in total. The monoisotopic (exact) mass is 1340 g/mol. The number of ketones is 2. The lowest BCUT2D eigenvalue weighted by Gasteiger charge is -2.57. The van der Waals surface area contributed by atoms with Gasteiger partial charge in [0, 0.05) is 43.7 Å². The summed E-state index contributed by atoms with van der Waals surface area (Å²) in [4.78, 5) is 116. The van der Waals surface area contributed by atoms with Crippen molar-refractivity contribution >= 4 is 58.9 Å². The molecule has 0 unspecified atom stereocenters. The van der Waals surface area contributed by atoms with Crippen LogP contribution in [-0.2, 0) is 51.2 Å². The highest BCUT2D eigenvalue weighted by Gasteiger charge is 2.54. The van der Waals surface area contributed by atoms with E-state index in [1.165, 1.54) is 38.5 Å². The number of nitrogens with two attached hydrogens (primary N) is 9. The Kier molecular flexibility index (Phi) is 32.2. The molecular formula is C73H121N15O8. The van der Waals surface area contributed by atoms with Crippen LogP contribution in [0.5, 0.6) is 0 Å². The first-order valence-electron chi connectivity index (χ1n) is 35.1. The smallest absolute Gasteiger partial charge is 0.239 e. The Morgan fingerprint density at radius 3 is 1.10 bits per heavy atom. The molecule has 0 aromatic heterocycles. The molecule has 8 aliphatic carbocycles. The standard InChI is InChI=1S/C36H57N7O4.C35H56N8O4.2CH4/c1-23(14-24-8-3-2-4-9-24)33(46)42-29(11-7-13-41-35(39)40)31(44)18-28(34(47)43-30(32(38)45)10-5-6-12-37)22-36-19-25-15-26(20-36)17-27(16-25)21-36;36-11-5-4-9-29(31(38)45)43-32(46)26(21-35-18-23-13-24(19-35)15-25(14-23)20-35)17-30(44)28(10-6-12-41-34(39)40)42-33(47)27(37)16-22-7-2-1-3-8-22;;/h2-4,8-9,23,25-30H,5-7,10-22,37H2,1H3,(H2,38,45)(H,42,46)(H,43,47)(H4,39,40,41);1-3,7-8,23-29H,4-6,9-21,36-37H2,(H2,38,45)(H,42,47)(H,43,46)(H4,39,40,41);2*1H4/t23-,25?,26?,27?,28-,29+,30-,36?;23?,24?,25?,26-,27-,28+,29-,35?;;/m00../s1. The van der Waals surface area contributed by atoms with Crippen LogP contribution in [-0.4, -0.2) is 115 Å². The SMILES string of the molecule is C.C.C[C@@H](Cc1ccccc1)C(=O)N[C@H](CCCN=C(N)N)C(=O)C[C@@H](CC12CC3CC(CC(C3)C1)C2)C(=O)N[C@@H](CCCCN)C(N)=O.NCCCC[C@H](NC(=O)[C@@H](CC(=O)[C@@H](CCCN=C(N)N)NC(=O)[C@@H](N)Cc1ccccc1)CC12CC3CC(CC(C3)C1)C2)C(N)=O. The average Bonchev–Trinajstić information content (AvgIpc) is 0.756. The zero-order valence-electron chi connectivity index (χ0n) is 55.8. The van der Waals surface area contributed by atoms with Gasteiger partial charge in [-0.1, -0.05) is 82.4 Å². The van der Waals surface area contributed by atoms with Crippen molar-refractivity contribution in [2.24, 2.45) is 126 Å². The third-order valence-corrected chi connectivity index (χ3v) is 21.3. The second-order valence-corrected chi connectivity index (χ2v) is 29.4. The molecule has 8 aliphatic rings. The van der Waals surface area contributed by atoms with Gasteiger partial charge in [0.25, 0.3) is 0 Å². The Labute approximate surface area is 571 Å². The number of hydrogen-bond donors (Lipinski definition) is 13. The highest BCUT2D eigenvalue weighted by molar-refractivity contribution is 5.96. The maximum absolute atomic E-state index is 14.1. The van der Waals surface area contributed by atoms with Gasteiger partial charge in [0.05, 0.1) is 18.1 Å². The number of hydrogen-bond acceptors (Lipinski definition) is 13. The molecule has 96 heavy (non-hydrogen) atoms. The van der Waals surface area contributed by atoms with Crippen LogP contribution in [0.2, 0.25) is 0 Å². The zero-order chi connectivity index (χ0) is 68.0. The summed E-state index contributed by atoms with van der Waals surface area (Å²) >= 11 is 0. The molecule has 8 bridgehead atoms. The van der Waals surface area contributed by atoms with E-state index >= 15 is 0 Å². The lowest BCUT2D eigenvalue weighted by molar-refractivity contribution is -0.137. The van der Waals surface area contributed by atoms with Crippen LogP contribution in [0, 0.1) is 64.1 Å². The molecule has 8 saturated carbocycles. The maximum Gasteiger partial charge on any atom is 0.239 e. The molecule has 8 atom stereocenters.